The highest BCUT2D eigenvalue weighted by molar-refractivity contribution is 6.32. The predicted molar refractivity (Wildman–Crippen MR) is 97.8 cm³/mol. The largest absolute Gasteiger partial charge is 0.465 e. The van der Waals surface area contributed by atoms with Crippen LogP contribution in [0.5, 0.6) is 0 Å². The molecule has 0 saturated carbocycles. The van der Waals surface area contributed by atoms with Gasteiger partial charge >= 0.3 is 0 Å². The van der Waals surface area contributed by atoms with Crippen molar-refractivity contribution in [2.24, 2.45) is 0 Å². The van der Waals surface area contributed by atoms with E-state index < -0.39 is 0 Å². The van der Waals surface area contributed by atoms with Crippen LogP contribution in [0.15, 0.2) is 71.3 Å². The maximum Gasteiger partial charge on any atom is 0.256 e. The average molecular weight is 338 g/mol. The van der Waals surface area contributed by atoms with E-state index in [1.807, 2.05) is 43.3 Å². The molecule has 3 rings (SSSR count). The van der Waals surface area contributed by atoms with E-state index in [0.717, 1.165) is 11.1 Å². The molecule has 1 amide bonds. The second-order valence-corrected chi connectivity index (χ2v) is 5.79. The highest BCUT2D eigenvalue weighted by Gasteiger charge is 2.14. The van der Waals surface area contributed by atoms with Gasteiger partial charge in [0.1, 0.15) is 5.76 Å². The minimum atomic E-state index is -0.219. The van der Waals surface area contributed by atoms with Crippen LogP contribution in [-0.4, -0.2) is 5.91 Å². The van der Waals surface area contributed by atoms with E-state index in [-0.39, 0.29) is 5.91 Å². The monoisotopic (exact) mass is 337 g/mol. The van der Waals surface area contributed by atoms with Crippen molar-refractivity contribution in [2.45, 2.75) is 6.92 Å². The molecular weight excluding hydrogens is 322 g/mol. The van der Waals surface area contributed by atoms with Gasteiger partial charge in [0, 0.05) is 10.7 Å². The van der Waals surface area contributed by atoms with Crippen LogP contribution in [0.2, 0.25) is 5.02 Å². The molecule has 120 valence electrons. The number of nitrogens with one attached hydrogen (secondary N) is 1. The Morgan fingerprint density at radius 3 is 2.58 bits per heavy atom. The summed E-state index contributed by atoms with van der Waals surface area (Å²) >= 11 is 6.03. The number of anilines is 1. The Morgan fingerprint density at radius 1 is 1.08 bits per heavy atom. The van der Waals surface area contributed by atoms with E-state index in [9.17, 15) is 4.79 Å². The van der Waals surface area contributed by atoms with Gasteiger partial charge in [-0.15, -0.1) is 0 Å². The van der Waals surface area contributed by atoms with Gasteiger partial charge in [-0.3, -0.25) is 4.79 Å². The molecule has 24 heavy (non-hydrogen) atoms. The minimum Gasteiger partial charge on any atom is -0.465 e. The lowest BCUT2D eigenvalue weighted by Gasteiger charge is -2.11. The smallest absolute Gasteiger partial charge is 0.256 e. The first kappa shape index (κ1) is 16.1. The average Bonchev–Trinajstić information content (AvgIpc) is 3.10. The van der Waals surface area contributed by atoms with Gasteiger partial charge in [0.15, 0.2) is 0 Å². The molecule has 1 heterocycles. The number of hydrogen-bond donors (Lipinski definition) is 1. The van der Waals surface area contributed by atoms with E-state index in [4.69, 9.17) is 16.0 Å². The Bertz CT molecular complexity index is 868. The van der Waals surface area contributed by atoms with Crippen molar-refractivity contribution in [3.8, 4) is 0 Å². The fraction of sp³-hybridized carbons (Fsp3) is 0.0500. The van der Waals surface area contributed by atoms with Crippen molar-refractivity contribution in [1.29, 1.82) is 0 Å². The highest BCUT2D eigenvalue weighted by Crippen LogP contribution is 2.24. The Labute approximate surface area is 145 Å². The van der Waals surface area contributed by atoms with E-state index in [2.05, 4.69) is 5.32 Å². The Morgan fingerprint density at radius 2 is 1.88 bits per heavy atom. The number of amides is 1. The molecule has 0 radical (unpaired) electrons. The van der Waals surface area contributed by atoms with Crippen LogP contribution in [-0.2, 0) is 4.79 Å². The number of carbonyl (C=O) groups is 1. The maximum absolute atomic E-state index is 12.8. The fourth-order valence-corrected chi connectivity index (χ4v) is 2.50. The van der Waals surface area contributed by atoms with Crippen molar-refractivity contribution in [3.63, 3.8) is 0 Å². The highest BCUT2D eigenvalue weighted by atomic mass is 35.5. The Kier molecular flexibility index (Phi) is 4.82. The van der Waals surface area contributed by atoms with Crippen LogP contribution in [0, 0.1) is 6.92 Å². The summed E-state index contributed by atoms with van der Waals surface area (Å²) < 4.78 is 5.35. The maximum atomic E-state index is 12.8. The summed E-state index contributed by atoms with van der Waals surface area (Å²) in [4.78, 5) is 12.8. The van der Waals surface area contributed by atoms with Crippen molar-refractivity contribution in [2.75, 3.05) is 5.32 Å². The molecule has 0 fully saturated rings. The summed E-state index contributed by atoms with van der Waals surface area (Å²) in [7, 11) is 0. The fourth-order valence-electron chi connectivity index (χ4n) is 2.33. The SMILES string of the molecule is Cc1ccc(Cl)cc1NC(=O)/C(=C/c1ccco1)c1ccccc1. The van der Waals surface area contributed by atoms with Crippen LogP contribution in [0.4, 0.5) is 5.69 Å². The van der Waals surface area contributed by atoms with Crippen LogP contribution in [0.3, 0.4) is 0 Å². The first-order valence-corrected chi connectivity index (χ1v) is 7.89. The molecular formula is C20H16ClNO2. The molecule has 0 atom stereocenters. The van der Waals surface area contributed by atoms with Crippen molar-refractivity contribution < 1.29 is 9.21 Å². The van der Waals surface area contributed by atoms with Gasteiger partial charge in [-0.2, -0.15) is 0 Å². The summed E-state index contributed by atoms with van der Waals surface area (Å²) in [5.41, 5.74) is 2.96. The molecule has 0 aliphatic carbocycles. The molecule has 1 N–H and O–H groups in total. The van der Waals surface area contributed by atoms with Crippen LogP contribution >= 0.6 is 11.6 Å². The first-order chi connectivity index (χ1) is 11.6. The number of benzene rings is 2. The quantitative estimate of drug-likeness (QED) is 0.646. The van der Waals surface area contributed by atoms with Gasteiger partial charge in [-0.25, -0.2) is 0 Å². The molecule has 0 aliphatic rings. The summed E-state index contributed by atoms with van der Waals surface area (Å²) in [5.74, 6) is 0.398. The lowest BCUT2D eigenvalue weighted by Crippen LogP contribution is -2.14. The van der Waals surface area contributed by atoms with Gasteiger partial charge in [0.05, 0.1) is 11.8 Å². The molecule has 0 saturated heterocycles. The second-order valence-electron chi connectivity index (χ2n) is 5.35. The van der Waals surface area contributed by atoms with Gasteiger partial charge < -0.3 is 9.73 Å². The molecule has 0 unspecified atom stereocenters. The van der Waals surface area contributed by atoms with Crippen LogP contribution < -0.4 is 5.32 Å². The number of rotatable bonds is 4. The Balaban J connectivity index is 1.96. The zero-order valence-corrected chi connectivity index (χ0v) is 13.9. The molecule has 1 aromatic heterocycles. The standard InChI is InChI=1S/C20H16ClNO2/c1-14-9-10-16(21)12-19(14)22-20(23)18(13-17-8-5-11-24-17)15-6-3-2-4-7-15/h2-13H,1H3,(H,22,23)/b18-13+. The Hall–Kier alpha value is -2.78. The molecule has 0 aliphatic heterocycles. The third-order valence-corrected chi connectivity index (χ3v) is 3.84. The molecule has 0 bridgehead atoms. The number of hydrogen-bond acceptors (Lipinski definition) is 2. The van der Waals surface area contributed by atoms with Crippen LogP contribution in [0.25, 0.3) is 11.6 Å². The van der Waals surface area contributed by atoms with E-state index >= 15 is 0 Å². The number of furan rings is 1. The first-order valence-electron chi connectivity index (χ1n) is 7.51. The van der Waals surface area contributed by atoms with Gasteiger partial charge in [-0.1, -0.05) is 48.0 Å². The van der Waals surface area contributed by atoms with Crippen molar-refractivity contribution in [1.82, 2.24) is 0 Å². The minimum absolute atomic E-state index is 0.219. The summed E-state index contributed by atoms with van der Waals surface area (Å²) in [6, 6.07) is 18.5. The van der Waals surface area contributed by atoms with E-state index in [1.165, 1.54) is 0 Å². The van der Waals surface area contributed by atoms with Crippen molar-refractivity contribution in [3.05, 3.63) is 88.8 Å². The normalized spacial score (nSPS) is 11.3. The predicted octanol–water partition coefficient (Wildman–Crippen LogP) is 5.42. The topological polar surface area (TPSA) is 42.2 Å². The molecule has 3 nitrogen and oxygen atoms in total. The van der Waals surface area contributed by atoms with Crippen LogP contribution in [0.1, 0.15) is 16.9 Å². The van der Waals surface area contributed by atoms with Crippen molar-refractivity contribution >= 4 is 34.8 Å². The number of aryl methyl sites for hydroxylation is 1. The third kappa shape index (κ3) is 3.76. The summed E-state index contributed by atoms with van der Waals surface area (Å²) in [6.45, 7) is 1.92. The van der Waals surface area contributed by atoms with Gasteiger partial charge in [-0.05, 0) is 48.4 Å². The zero-order valence-electron chi connectivity index (χ0n) is 13.1. The lowest BCUT2D eigenvalue weighted by molar-refractivity contribution is -0.111. The summed E-state index contributed by atoms with van der Waals surface area (Å²) in [5, 5.41) is 3.50. The van der Waals surface area contributed by atoms with E-state index in [1.54, 1.807) is 36.6 Å². The molecule has 3 aromatic rings. The molecule has 2 aromatic carbocycles. The zero-order chi connectivity index (χ0) is 16.9. The van der Waals surface area contributed by atoms with E-state index in [0.29, 0.717) is 22.0 Å². The number of halogens is 1. The molecule has 0 spiro atoms. The summed E-state index contributed by atoms with van der Waals surface area (Å²) in [6.07, 6.45) is 3.30. The third-order valence-electron chi connectivity index (χ3n) is 3.61. The van der Waals surface area contributed by atoms with Gasteiger partial charge in [0.25, 0.3) is 5.91 Å². The number of carbonyl (C=O) groups excluding carboxylic acids is 1. The molecule has 4 heteroatoms. The lowest BCUT2D eigenvalue weighted by atomic mass is 10.0. The van der Waals surface area contributed by atoms with Gasteiger partial charge in [0.2, 0.25) is 0 Å². The second kappa shape index (κ2) is 7.20.